The number of pyridine rings is 1. The van der Waals surface area contributed by atoms with Crippen LogP contribution >= 0.6 is 0 Å². The van der Waals surface area contributed by atoms with Crippen LogP contribution in [-0.4, -0.2) is 26.4 Å². The maximum Gasteiger partial charge on any atom is 0.488 e. The molecule has 7 nitrogen and oxygen atoms in total. The summed E-state index contributed by atoms with van der Waals surface area (Å²) in [6.07, 6.45) is 1.44. The Morgan fingerprint density at radius 2 is 1.91 bits per heavy atom. The van der Waals surface area contributed by atoms with Gasteiger partial charge in [-0.25, -0.2) is 4.98 Å². The number of carbonyl (C=O) groups excluding carboxylic acids is 1. The summed E-state index contributed by atoms with van der Waals surface area (Å²) in [7, 11) is -3.66. The van der Waals surface area contributed by atoms with E-state index in [1.165, 1.54) is 37.6 Å². The van der Waals surface area contributed by atoms with Crippen LogP contribution in [0.2, 0.25) is 0 Å². The van der Waals surface area contributed by atoms with Gasteiger partial charge in [0.25, 0.3) is 5.91 Å². The molecule has 0 saturated heterocycles. The van der Waals surface area contributed by atoms with Crippen molar-refractivity contribution in [3.05, 3.63) is 48.3 Å². The van der Waals surface area contributed by atoms with Crippen LogP contribution in [0.1, 0.15) is 10.5 Å². The topological polar surface area (TPSA) is 94.6 Å². The standard InChI is InChI=1S/C13H11FN2O5S/c1-20-11-3-2-8-15-12(11)13(17)16-9-4-6-10(7-5-9)21-22(14,18)19/h2-8H,1H3,(H,16,17). The Kier molecular flexibility index (Phi) is 4.56. The molecule has 1 heterocycles. The average molecular weight is 326 g/mol. The van der Waals surface area contributed by atoms with Crippen molar-refractivity contribution in [2.45, 2.75) is 0 Å². The van der Waals surface area contributed by atoms with Gasteiger partial charge in [-0.1, -0.05) is 3.89 Å². The number of carbonyl (C=O) groups is 1. The molecule has 0 atom stereocenters. The highest BCUT2D eigenvalue weighted by atomic mass is 32.3. The molecule has 1 N–H and O–H groups in total. The van der Waals surface area contributed by atoms with Crippen molar-refractivity contribution in [3.63, 3.8) is 0 Å². The van der Waals surface area contributed by atoms with Gasteiger partial charge in [0.2, 0.25) is 0 Å². The molecule has 1 aromatic carbocycles. The van der Waals surface area contributed by atoms with Crippen molar-refractivity contribution in [1.82, 2.24) is 4.98 Å². The number of amides is 1. The minimum absolute atomic E-state index is 0.0941. The number of nitrogens with zero attached hydrogens (tertiary/aromatic N) is 1. The molecule has 0 fully saturated rings. The molecular formula is C13H11FN2O5S. The van der Waals surface area contributed by atoms with Gasteiger partial charge < -0.3 is 14.2 Å². The van der Waals surface area contributed by atoms with Gasteiger partial charge in [-0.3, -0.25) is 4.79 Å². The van der Waals surface area contributed by atoms with Crippen LogP contribution in [0.3, 0.4) is 0 Å². The lowest BCUT2D eigenvalue weighted by atomic mass is 10.2. The van der Waals surface area contributed by atoms with Crippen LogP contribution in [0.5, 0.6) is 11.5 Å². The van der Waals surface area contributed by atoms with Crippen LogP contribution in [0.25, 0.3) is 0 Å². The fraction of sp³-hybridized carbons (Fsp3) is 0.0769. The summed E-state index contributed by atoms with van der Waals surface area (Å²) in [6, 6.07) is 8.32. The van der Waals surface area contributed by atoms with E-state index >= 15 is 0 Å². The highest BCUT2D eigenvalue weighted by Gasteiger charge is 2.14. The van der Waals surface area contributed by atoms with Crippen LogP contribution in [0, 0.1) is 0 Å². The fourth-order valence-corrected chi connectivity index (χ4v) is 1.97. The van der Waals surface area contributed by atoms with Crippen molar-refractivity contribution in [2.75, 3.05) is 12.4 Å². The van der Waals surface area contributed by atoms with Crippen LogP contribution in [0.4, 0.5) is 9.57 Å². The van der Waals surface area contributed by atoms with E-state index in [4.69, 9.17) is 4.74 Å². The molecule has 0 saturated carbocycles. The van der Waals surface area contributed by atoms with E-state index in [1.807, 2.05) is 0 Å². The summed E-state index contributed by atoms with van der Waals surface area (Å²) >= 11 is 0. The van der Waals surface area contributed by atoms with Gasteiger partial charge in [-0.2, -0.15) is 8.42 Å². The molecule has 1 aromatic heterocycles. The molecule has 0 bridgehead atoms. The Bertz CT molecular complexity index is 777. The molecule has 0 spiro atoms. The molecular weight excluding hydrogens is 315 g/mol. The van der Waals surface area contributed by atoms with Crippen molar-refractivity contribution < 1.29 is 26.0 Å². The number of anilines is 1. The molecule has 1 amide bonds. The third-order valence-electron chi connectivity index (χ3n) is 2.51. The Morgan fingerprint density at radius 1 is 1.23 bits per heavy atom. The first kappa shape index (κ1) is 15.7. The number of halogens is 1. The lowest BCUT2D eigenvalue weighted by Gasteiger charge is -2.08. The van der Waals surface area contributed by atoms with Gasteiger partial charge in [-0.05, 0) is 36.4 Å². The largest absolute Gasteiger partial charge is 0.494 e. The van der Waals surface area contributed by atoms with Gasteiger partial charge in [0.1, 0.15) is 11.5 Å². The number of hydrogen-bond donors (Lipinski definition) is 1. The highest BCUT2D eigenvalue weighted by Crippen LogP contribution is 2.20. The molecule has 0 radical (unpaired) electrons. The first-order chi connectivity index (χ1) is 10.4. The quantitative estimate of drug-likeness (QED) is 0.844. The Balaban J connectivity index is 2.12. The second kappa shape index (κ2) is 6.39. The zero-order chi connectivity index (χ0) is 16.2. The number of ether oxygens (including phenoxy) is 1. The molecule has 22 heavy (non-hydrogen) atoms. The van der Waals surface area contributed by atoms with Gasteiger partial charge in [0.05, 0.1) is 7.11 Å². The number of rotatable bonds is 5. The third-order valence-corrected chi connectivity index (χ3v) is 2.91. The van der Waals surface area contributed by atoms with Gasteiger partial charge in [0, 0.05) is 11.9 Å². The van der Waals surface area contributed by atoms with Crippen LogP contribution in [-0.2, 0) is 10.5 Å². The van der Waals surface area contributed by atoms with Crippen molar-refractivity contribution >= 4 is 22.1 Å². The number of aromatic nitrogens is 1. The third kappa shape index (κ3) is 4.16. The maximum absolute atomic E-state index is 12.3. The van der Waals surface area contributed by atoms with E-state index < -0.39 is 16.4 Å². The second-order valence-corrected chi connectivity index (χ2v) is 4.96. The first-order valence-electron chi connectivity index (χ1n) is 5.93. The molecule has 2 rings (SSSR count). The molecule has 2 aromatic rings. The zero-order valence-corrected chi connectivity index (χ0v) is 12.1. The van der Waals surface area contributed by atoms with E-state index in [-0.39, 0.29) is 11.4 Å². The smallest absolute Gasteiger partial charge is 0.488 e. The SMILES string of the molecule is COc1cccnc1C(=O)Nc1ccc(OS(=O)(=O)F)cc1. The highest BCUT2D eigenvalue weighted by molar-refractivity contribution is 7.81. The molecule has 0 aliphatic carbocycles. The average Bonchev–Trinajstić information content (AvgIpc) is 2.47. The van der Waals surface area contributed by atoms with Gasteiger partial charge in [-0.15, -0.1) is 0 Å². The van der Waals surface area contributed by atoms with Crippen molar-refractivity contribution in [1.29, 1.82) is 0 Å². The summed E-state index contributed by atoms with van der Waals surface area (Å²) in [5.74, 6) is -0.413. The normalized spacial score (nSPS) is 10.8. The number of benzene rings is 1. The zero-order valence-electron chi connectivity index (χ0n) is 11.3. The molecule has 0 aliphatic heterocycles. The van der Waals surface area contributed by atoms with Crippen molar-refractivity contribution in [2.24, 2.45) is 0 Å². The van der Waals surface area contributed by atoms with E-state index in [1.54, 1.807) is 12.1 Å². The lowest BCUT2D eigenvalue weighted by molar-refractivity contribution is 0.101. The maximum atomic E-state index is 12.3. The minimum Gasteiger partial charge on any atom is -0.494 e. The second-order valence-electron chi connectivity index (χ2n) is 4.01. The summed E-state index contributed by atoms with van der Waals surface area (Å²) < 4.78 is 42.1. The fourth-order valence-electron chi connectivity index (χ4n) is 1.62. The number of methoxy groups -OCH3 is 1. The van der Waals surface area contributed by atoms with Gasteiger partial charge >= 0.3 is 10.5 Å². The van der Waals surface area contributed by atoms with E-state index in [9.17, 15) is 17.1 Å². The molecule has 116 valence electrons. The Hall–Kier alpha value is -2.68. The summed E-state index contributed by atoms with van der Waals surface area (Å²) in [6.45, 7) is 0. The number of nitrogens with one attached hydrogen (secondary N) is 1. The number of hydrogen-bond acceptors (Lipinski definition) is 6. The summed E-state index contributed by atoms with van der Waals surface area (Å²) in [5.41, 5.74) is 0.443. The molecule has 9 heteroatoms. The van der Waals surface area contributed by atoms with E-state index in [0.29, 0.717) is 11.4 Å². The van der Waals surface area contributed by atoms with Gasteiger partial charge in [0.15, 0.2) is 5.69 Å². The van der Waals surface area contributed by atoms with E-state index in [2.05, 4.69) is 14.5 Å². The van der Waals surface area contributed by atoms with E-state index in [0.717, 1.165) is 0 Å². The summed E-state index contributed by atoms with van der Waals surface area (Å²) in [4.78, 5) is 16.0. The minimum atomic E-state index is -5.08. The molecule has 0 unspecified atom stereocenters. The predicted molar refractivity (Wildman–Crippen MR) is 75.8 cm³/mol. The first-order valence-corrected chi connectivity index (χ1v) is 7.24. The summed E-state index contributed by atoms with van der Waals surface area (Å²) in [5, 5.41) is 2.54. The Morgan fingerprint density at radius 3 is 2.50 bits per heavy atom. The molecule has 0 aliphatic rings. The van der Waals surface area contributed by atoms with Crippen LogP contribution in [0.15, 0.2) is 42.6 Å². The van der Waals surface area contributed by atoms with Crippen molar-refractivity contribution in [3.8, 4) is 11.5 Å². The van der Waals surface area contributed by atoms with Crippen LogP contribution < -0.4 is 14.2 Å². The lowest BCUT2D eigenvalue weighted by Crippen LogP contribution is -2.14. The Labute approximate surface area is 126 Å². The predicted octanol–water partition coefficient (Wildman–Crippen LogP) is 1.94. The monoisotopic (exact) mass is 326 g/mol.